The van der Waals surface area contributed by atoms with Crippen LogP contribution in [-0.4, -0.2) is 42.0 Å². The zero-order valence-corrected chi connectivity index (χ0v) is 8.80. The van der Waals surface area contributed by atoms with Gasteiger partial charge in [0.1, 0.15) is 0 Å². The molecule has 1 unspecified atom stereocenters. The molecule has 0 aliphatic carbocycles. The van der Waals surface area contributed by atoms with Crippen molar-refractivity contribution < 1.29 is 4.58 Å². The highest BCUT2D eigenvalue weighted by Gasteiger charge is 2.26. The van der Waals surface area contributed by atoms with Gasteiger partial charge in [-0.25, -0.2) is 0 Å². The first-order valence-electron chi connectivity index (χ1n) is 4.98. The first-order chi connectivity index (χ1) is 5.69. The summed E-state index contributed by atoms with van der Waals surface area (Å²) in [6, 6.07) is 0. The summed E-state index contributed by atoms with van der Waals surface area (Å²) in [7, 11) is 2.19. The molecule has 0 bridgehead atoms. The maximum absolute atomic E-state index is 2.47. The molecule has 0 saturated heterocycles. The van der Waals surface area contributed by atoms with E-state index in [2.05, 4.69) is 37.3 Å². The number of hydrogen-bond acceptors (Lipinski definition) is 1. The highest BCUT2D eigenvalue weighted by atomic mass is 15.2. The molecule has 2 nitrogen and oxygen atoms in total. The summed E-state index contributed by atoms with van der Waals surface area (Å²) in [6.07, 6.45) is 1.30. The second kappa shape index (κ2) is 3.92. The van der Waals surface area contributed by atoms with Crippen LogP contribution in [0.15, 0.2) is 0 Å². The largest absolute Gasteiger partial charge is 0.268 e. The third kappa shape index (κ3) is 1.79. The summed E-state index contributed by atoms with van der Waals surface area (Å²) in [5.41, 5.74) is 0. The fourth-order valence-corrected chi connectivity index (χ4v) is 1.88. The monoisotopic (exact) mass is 169 g/mol. The normalized spacial score (nSPS) is 25.0. The van der Waals surface area contributed by atoms with Crippen LogP contribution in [0.1, 0.15) is 27.2 Å². The molecule has 0 saturated carbocycles. The SMILES string of the molecule is CCC1CN(CC)C(C)=[N+](C)C1. The molecule has 2 heteroatoms. The van der Waals surface area contributed by atoms with Crippen LogP contribution in [0.3, 0.4) is 0 Å². The topological polar surface area (TPSA) is 6.25 Å². The molecule has 1 aliphatic rings. The number of rotatable bonds is 2. The molecular formula is C10H21N2+. The Labute approximate surface area is 75.9 Å². The fourth-order valence-electron chi connectivity index (χ4n) is 1.88. The van der Waals surface area contributed by atoms with E-state index in [0.717, 1.165) is 12.5 Å². The Morgan fingerprint density at radius 3 is 2.67 bits per heavy atom. The van der Waals surface area contributed by atoms with Crippen molar-refractivity contribution in [3.63, 3.8) is 0 Å². The number of hydrogen-bond donors (Lipinski definition) is 0. The first-order valence-corrected chi connectivity index (χ1v) is 4.98. The molecule has 0 radical (unpaired) electrons. The quantitative estimate of drug-likeness (QED) is 0.566. The fraction of sp³-hybridized carbons (Fsp3) is 0.900. The minimum Gasteiger partial charge on any atom is -0.268 e. The van der Waals surface area contributed by atoms with Gasteiger partial charge in [-0.1, -0.05) is 6.92 Å². The van der Waals surface area contributed by atoms with Gasteiger partial charge in [0.05, 0.1) is 26.7 Å². The van der Waals surface area contributed by atoms with Crippen molar-refractivity contribution in [3.8, 4) is 0 Å². The summed E-state index contributed by atoms with van der Waals surface area (Å²) in [5, 5.41) is 0. The van der Waals surface area contributed by atoms with Gasteiger partial charge in [-0.2, -0.15) is 0 Å². The van der Waals surface area contributed by atoms with Gasteiger partial charge in [0, 0.05) is 12.8 Å². The second-order valence-corrected chi connectivity index (χ2v) is 3.74. The molecule has 0 amide bonds. The smallest absolute Gasteiger partial charge is 0.243 e. The van der Waals surface area contributed by atoms with E-state index in [1.54, 1.807) is 0 Å². The molecular weight excluding hydrogens is 148 g/mol. The highest BCUT2D eigenvalue weighted by Crippen LogP contribution is 2.11. The molecule has 0 aromatic heterocycles. The molecule has 0 spiro atoms. The lowest BCUT2D eigenvalue weighted by molar-refractivity contribution is -0.517. The zero-order chi connectivity index (χ0) is 9.14. The maximum atomic E-state index is 2.47. The highest BCUT2D eigenvalue weighted by molar-refractivity contribution is 5.74. The van der Waals surface area contributed by atoms with Crippen molar-refractivity contribution in [2.75, 3.05) is 26.7 Å². The molecule has 0 aromatic carbocycles. The van der Waals surface area contributed by atoms with Crippen LogP contribution in [0, 0.1) is 5.92 Å². The van der Waals surface area contributed by atoms with Crippen LogP contribution in [0.25, 0.3) is 0 Å². The Morgan fingerprint density at radius 1 is 1.50 bits per heavy atom. The van der Waals surface area contributed by atoms with Crippen molar-refractivity contribution in [1.82, 2.24) is 4.90 Å². The molecule has 70 valence electrons. The van der Waals surface area contributed by atoms with Crippen LogP contribution in [0.5, 0.6) is 0 Å². The first kappa shape index (κ1) is 9.56. The number of amidine groups is 1. The van der Waals surface area contributed by atoms with E-state index in [0.29, 0.717) is 0 Å². The molecule has 1 rings (SSSR count). The predicted molar refractivity (Wildman–Crippen MR) is 52.8 cm³/mol. The van der Waals surface area contributed by atoms with Gasteiger partial charge in [-0.05, 0) is 13.3 Å². The lowest BCUT2D eigenvalue weighted by Crippen LogP contribution is -2.45. The van der Waals surface area contributed by atoms with Crippen molar-refractivity contribution in [2.45, 2.75) is 27.2 Å². The van der Waals surface area contributed by atoms with E-state index >= 15 is 0 Å². The summed E-state index contributed by atoms with van der Waals surface area (Å²) < 4.78 is 2.38. The van der Waals surface area contributed by atoms with Gasteiger partial charge in [-0.15, -0.1) is 0 Å². The van der Waals surface area contributed by atoms with Crippen LogP contribution in [0.4, 0.5) is 0 Å². The van der Waals surface area contributed by atoms with Crippen LogP contribution < -0.4 is 0 Å². The van der Waals surface area contributed by atoms with E-state index in [4.69, 9.17) is 0 Å². The second-order valence-electron chi connectivity index (χ2n) is 3.74. The minimum absolute atomic E-state index is 0.860. The molecule has 1 atom stereocenters. The van der Waals surface area contributed by atoms with Crippen molar-refractivity contribution >= 4 is 5.84 Å². The summed E-state index contributed by atoms with van der Waals surface area (Å²) in [6.45, 7) is 10.4. The third-order valence-corrected chi connectivity index (χ3v) is 2.98. The number of nitrogens with zero attached hydrogens (tertiary/aromatic N) is 2. The van der Waals surface area contributed by atoms with Crippen LogP contribution in [-0.2, 0) is 0 Å². The van der Waals surface area contributed by atoms with Gasteiger partial charge < -0.3 is 0 Å². The predicted octanol–water partition coefficient (Wildman–Crippen LogP) is 1.41. The van der Waals surface area contributed by atoms with Crippen molar-refractivity contribution in [1.29, 1.82) is 0 Å². The van der Waals surface area contributed by atoms with E-state index in [9.17, 15) is 0 Å². The Balaban J connectivity index is 2.71. The van der Waals surface area contributed by atoms with Gasteiger partial charge in [0.2, 0.25) is 5.84 Å². The van der Waals surface area contributed by atoms with Crippen LogP contribution >= 0.6 is 0 Å². The lowest BCUT2D eigenvalue weighted by Gasteiger charge is -2.28. The Morgan fingerprint density at radius 2 is 2.17 bits per heavy atom. The minimum atomic E-state index is 0.860. The summed E-state index contributed by atoms with van der Waals surface area (Å²) in [4.78, 5) is 2.47. The Kier molecular flexibility index (Phi) is 3.12. The van der Waals surface area contributed by atoms with E-state index < -0.39 is 0 Å². The molecule has 0 N–H and O–H groups in total. The average molecular weight is 169 g/mol. The van der Waals surface area contributed by atoms with Gasteiger partial charge in [-0.3, -0.25) is 9.48 Å². The van der Waals surface area contributed by atoms with E-state index in [1.807, 2.05) is 0 Å². The third-order valence-electron chi connectivity index (χ3n) is 2.98. The van der Waals surface area contributed by atoms with E-state index in [-0.39, 0.29) is 0 Å². The average Bonchev–Trinajstić information content (AvgIpc) is 2.09. The van der Waals surface area contributed by atoms with E-state index in [1.165, 1.54) is 25.3 Å². The maximum Gasteiger partial charge on any atom is 0.243 e. The summed E-state index contributed by atoms with van der Waals surface area (Å²) in [5.74, 6) is 2.29. The van der Waals surface area contributed by atoms with Gasteiger partial charge in [0.15, 0.2) is 0 Å². The molecule has 0 aromatic rings. The Hall–Kier alpha value is -0.530. The molecule has 1 heterocycles. The molecule has 12 heavy (non-hydrogen) atoms. The summed E-state index contributed by atoms with van der Waals surface area (Å²) >= 11 is 0. The van der Waals surface area contributed by atoms with Crippen molar-refractivity contribution in [2.24, 2.45) is 5.92 Å². The zero-order valence-electron chi connectivity index (χ0n) is 8.80. The standard InChI is InChI=1S/C10H21N2/c1-5-10-7-11(4)9(3)12(6-2)8-10/h10H,5-8H2,1-4H3/q+1. The van der Waals surface area contributed by atoms with Crippen LogP contribution in [0.2, 0.25) is 0 Å². The van der Waals surface area contributed by atoms with Crippen molar-refractivity contribution in [3.05, 3.63) is 0 Å². The van der Waals surface area contributed by atoms with Gasteiger partial charge >= 0.3 is 0 Å². The molecule has 0 fully saturated rings. The molecule has 1 aliphatic heterocycles. The van der Waals surface area contributed by atoms with Gasteiger partial charge in [0.25, 0.3) is 0 Å². The lowest BCUT2D eigenvalue weighted by atomic mass is 10.0. The Bertz CT molecular complexity index is 184.